The molecule has 0 saturated heterocycles. The average molecular weight is 1280 g/mol. The average Bonchev–Trinajstić information content (AvgIpc) is 0.934. The van der Waals surface area contributed by atoms with E-state index in [-0.39, 0.29) is 0 Å². The predicted molar refractivity (Wildman–Crippen MR) is 426 cm³/mol. The number of rotatable bonds is 9. The molecule has 0 spiro atoms. The van der Waals surface area contributed by atoms with E-state index in [2.05, 4.69) is 352 Å². The molecule has 2 heteroatoms. The van der Waals surface area contributed by atoms with Crippen molar-refractivity contribution in [2.75, 3.05) is 0 Å². The van der Waals surface area contributed by atoms with Crippen LogP contribution in [0.5, 0.6) is 0 Å². The first-order chi connectivity index (χ1) is 48.6. The molecule has 0 atom stereocenters. The van der Waals surface area contributed by atoms with Crippen molar-refractivity contribution >= 4 is 128 Å². The van der Waals surface area contributed by atoms with E-state index in [0.717, 1.165) is 0 Å². The fourth-order valence-corrected chi connectivity index (χ4v) is 18.6. The van der Waals surface area contributed by atoms with E-state index >= 15 is 0 Å². The number of benzene rings is 18. The largest absolute Gasteiger partial charge is 0.135 e. The van der Waals surface area contributed by atoms with E-state index in [4.69, 9.17) is 0 Å². The van der Waals surface area contributed by atoms with Gasteiger partial charge in [0.25, 0.3) is 0 Å². The van der Waals surface area contributed by atoms with Gasteiger partial charge >= 0.3 is 0 Å². The molecule has 0 amide bonds. The summed E-state index contributed by atoms with van der Waals surface area (Å²) >= 11 is 3.78. The van der Waals surface area contributed by atoms with Crippen LogP contribution in [0, 0.1) is 0 Å². The number of fused-ring (bicyclic) bond motifs is 12. The number of hydrogen-bond acceptors (Lipinski definition) is 2. The van der Waals surface area contributed by atoms with Gasteiger partial charge < -0.3 is 0 Å². The molecule has 454 valence electrons. The highest BCUT2D eigenvalue weighted by atomic mass is 32.1. The fraction of sp³-hybridized carbons (Fsp3) is 0. The molecular formula is C96H58S2. The summed E-state index contributed by atoms with van der Waals surface area (Å²) in [5.74, 6) is 0. The van der Waals surface area contributed by atoms with Crippen LogP contribution in [-0.4, -0.2) is 0 Å². The third kappa shape index (κ3) is 9.03. The van der Waals surface area contributed by atoms with Gasteiger partial charge in [-0.15, -0.1) is 22.7 Å². The van der Waals surface area contributed by atoms with Gasteiger partial charge in [-0.3, -0.25) is 0 Å². The van der Waals surface area contributed by atoms with Crippen molar-refractivity contribution in [1.29, 1.82) is 0 Å². The molecule has 18 aromatic carbocycles. The Kier molecular flexibility index (Phi) is 13.1. The van der Waals surface area contributed by atoms with Gasteiger partial charge in [-0.2, -0.15) is 0 Å². The zero-order valence-corrected chi connectivity index (χ0v) is 54.9. The summed E-state index contributed by atoms with van der Waals surface area (Å²) in [6.45, 7) is 0. The molecule has 20 rings (SSSR count). The monoisotopic (exact) mass is 1270 g/mol. The molecule has 0 aliphatic carbocycles. The second-order valence-electron chi connectivity index (χ2n) is 26.0. The van der Waals surface area contributed by atoms with E-state index in [1.165, 1.54) is 205 Å². The normalized spacial score (nSPS) is 11.9. The lowest BCUT2D eigenvalue weighted by Crippen LogP contribution is -1.94. The molecule has 0 aliphatic rings. The molecule has 0 fully saturated rings. The van der Waals surface area contributed by atoms with Crippen molar-refractivity contribution in [3.05, 3.63) is 352 Å². The van der Waals surface area contributed by atoms with Gasteiger partial charge in [0.1, 0.15) is 0 Å². The highest BCUT2D eigenvalue weighted by Crippen LogP contribution is 2.52. The van der Waals surface area contributed by atoms with Gasteiger partial charge in [0, 0.05) is 40.3 Å². The van der Waals surface area contributed by atoms with Crippen LogP contribution in [0.3, 0.4) is 0 Å². The molecule has 98 heavy (non-hydrogen) atoms. The van der Waals surface area contributed by atoms with Gasteiger partial charge in [-0.25, -0.2) is 0 Å². The molecule has 0 N–H and O–H groups in total. The summed E-state index contributed by atoms with van der Waals surface area (Å²) in [7, 11) is 0. The van der Waals surface area contributed by atoms with Crippen LogP contribution < -0.4 is 0 Å². The molecule has 0 nitrogen and oxygen atoms in total. The van der Waals surface area contributed by atoms with Crippen LogP contribution in [0.2, 0.25) is 0 Å². The maximum absolute atomic E-state index is 2.47. The van der Waals surface area contributed by atoms with Gasteiger partial charge in [0.05, 0.1) is 0 Å². The molecule has 0 saturated carbocycles. The van der Waals surface area contributed by atoms with E-state index in [0.29, 0.717) is 0 Å². The van der Waals surface area contributed by atoms with E-state index in [1.807, 2.05) is 22.7 Å². The molecule has 0 unspecified atom stereocenters. The zero-order chi connectivity index (χ0) is 64.4. The van der Waals surface area contributed by atoms with Crippen molar-refractivity contribution < 1.29 is 0 Å². The quantitative estimate of drug-likeness (QED) is 0.126. The van der Waals surface area contributed by atoms with Crippen LogP contribution in [0.25, 0.3) is 205 Å². The topological polar surface area (TPSA) is 0 Å². The first kappa shape index (κ1) is 56.3. The van der Waals surface area contributed by atoms with Crippen molar-refractivity contribution in [2.24, 2.45) is 0 Å². The lowest BCUT2D eigenvalue weighted by atomic mass is 9.82. The second kappa shape index (κ2) is 22.8. The van der Waals surface area contributed by atoms with Crippen molar-refractivity contribution in [2.45, 2.75) is 0 Å². The predicted octanol–water partition coefficient (Wildman–Crippen LogP) is 28.3. The Labute approximate surface area is 575 Å². The summed E-state index contributed by atoms with van der Waals surface area (Å²) in [5, 5.41) is 20.2. The third-order valence-corrected chi connectivity index (χ3v) is 22.9. The first-order valence-corrected chi connectivity index (χ1v) is 35.4. The fourth-order valence-electron chi connectivity index (χ4n) is 16.3. The highest BCUT2D eigenvalue weighted by molar-refractivity contribution is 7.26. The maximum atomic E-state index is 2.47. The number of thiophene rings is 2. The Morgan fingerprint density at radius 1 is 0.143 bits per heavy atom. The van der Waals surface area contributed by atoms with Gasteiger partial charge in [0.15, 0.2) is 0 Å². The summed E-state index contributed by atoms with van der Waals surface area (Å²) in [5.41, 5.74) is 22.1. The second-order valence-corrected chi connectivity index (χ2v) is 28.2. The van der Waals surface area contributed by atoms with E-state index < -0.39 is 0 Å². The molecule has 0 aliphatic heterocycles. The van der Waals surface area contributed by atoms with Crippen LogP contribution >= 0.6 is 22.7 Å². The summed E-state index contributed by atoms with van der Waals surface area (Å²) in [6, 6.07) is 132. The van der Waals surface area contributed by atoms with Crippen molar-refractivity contribution in [3.8, 4) is 100 Å². The standard InChI is InChI=1S/C96H58S2/c1-3-23-59(24-4-1)69-32-9-10-33-73(69)93-80-40-17-13-36-76(80)92(77-37-14-18-41-81(77)93)68-31-19-29-65(53-68)72-44-22-46-88-96(72)86-56-66-30-20-42-70(84(66)58-90(86)98-88)67-51-52-82(83(55-67)60-25-5-2-6-26-60)94-78-38-15-11-34-74(78)91(75-35-12-16-39-79(75)94)62-49-47-61(48-50-62)71-43-21-45-87-95(71)85-54-63-27-7-8-28-64(63)57-89(85)97-87/h1-58H. The SMILES string of the molecule is c1ccc(-c2ccccc2-c2c3ccccc3c(-c3cccc(-c4cccc5sc6cc7c(-c8ccc(-c9c%10ccccc%10c(-c%10ccc(-c%11cccc%12sc%13cc%14ccccc%14cc%13c%11%12)cc%10)c%10ccccc9%10)c(-c9ccccc9)c8)cccc7cc6c45)c3)c3ccccc23)cc1. The summed E-state index contributed by atoms with van der Waals surface area (Å²) < 4.78 is 5.20. The Bertz CT molecular complexity index is 6530. The van der Waals surface area contributed by atoms with Crippen LogP contribution in [0.1, 0.15) is 0 Å². The number of hydrogen-bond donors (Lipinski definition) is 0. The minimum atomic E-state index is 1.19. The smallest absolute Gasteiger partial charge is 0.0362 e. The molecule has 0 bridgehead atoms. The van der Waals surface area contributed by atoms with Crippen LogP contribution in [-0.2, 0) is 0 Å². The van der Waals surface area contributed by atoms with E-state index in [1.54, 1.807) is 0 Å². The Hall–Kier alpha value is -12.0. The molecule has 0 radical (unpaired) electrons. The lowest BCUT2D eigenvalue weighted by molar-refractivity contribution is 1.59. The maximum Gasteiger partial charge on any atom is 0.0362 e. The lowest BCUT2D eigenvalue weighted by Gasteiger charge is -2.21. The van der Waals surface area contributed by atoms with Crippen molar-refractivity contribution in [3.63, 3.8) is 0 Å². The minimum Gasteiger partial charge on any atom is -0.135 e. The van der Waals surface area contributed by atoms with Gasteiger partial charge in [0.2, 0.25) is 0 Å². The minimum absolute atomic E-state index is 1.19. The molecule has 20 aromatic rings. The molecule has 2 aromatic heterocycles. The summed E-state index contributed by atoms with van der Waals surface area (Å²) in [4.78, 5) is 0. The van der Waals surface area contributed by atoms with Crippen LogP contribution in [0.4, 0.5) is 0 Å². The van der Waals surface area contributed by atoms with Gasteiger partial charge in [-0.05, 0) is 213 Å². The first-order valence-electron chi connectivity index (χ1n) is 33.8. The van der Waals surface area contributed by atoms with Crippen LogP contribution in [0.15, 0.2) is 352 Å². The Morgan fingerprint density at radius 2 is 0.500 bits per heavy atom. The third-order valence-electron chi connectivity index (χ3n) is 20.6. The highest BCUT2D eigenvalue weighted by Gasteiger charge is 2.24. The molecule has 2 heterocycles. The van der Waals surface area contributed by atoms with E-state index in [9.17, 15) is 0 Å². The Balaban J connectivity index is 0.694. The zero-order valence-electron chi connectivity index (χ0n) is 53.3. The summed E-state index contributed by atoms with van der Waals surface area (Å²) in [6.07, 6.45) is 0. The Morgan fingerprint density at radius 3 is 1.09 bits per heavy atom. The van der Waals surface area contributed by atoms with Crippen molar-refractivity contribution in [1.82, 2.24) is 0 Å². The van der Waals surface area contributed by atoms with Gasteiger partial charge in [-0.1, -0.05) is 303 Å². The molecular weight excluding hydrogens is 1220 g/mol.